The fourth-order valence-corrected chi connectivity index (χ4v) is 2.69. The Bertz CT molecular complexity index is 1110. The zero-order valence-corrected chi connectivity index (χ0v) is 14.8. The smallest absolute Gasteiger partial charge is 0.255 e. The molecule has 0 aliphatic heterocycles. The second-order valence-corrected chi connectivity index (χ2v) is 6.03. The predicted octanol–water partition coefficient (Wildman–Crippen LogP) is 3.15. The number of rotatable bonds is 5. The predicted molar refractivity (Wildman–Crippen MR) is 97.4 cm³/mol. The molecule has 0 fully saturated rings. The average Bonchev–Trinajstić information content (AvgIpc) is 3.39. The zero-order chi connectivity index (χ0) is 19.5. The highest BCUT2D eigenvalue weighted by Crippen LogP contribution is 2.24. The summed E-state index contributed by atoms with van der Waals surface area (Å²) in [6.45, 7) is 1.71. The molecular weight excluding hydrogens is 363 g/mol. The van der Waals surface area contributed by atoms with E-state index in [0.29, 0.717) is 17.1 Å². The van der Waals surface area contributed by atoms with Crippen LogP contribution in [0.5, 0.6) is 0 Å². The normalized spacial score (nSPS) is 11.9. The van der Waals surface area contributed by atoms with Gasteiger partial charge in [-0.1, -0.05) is 17.3 Å². The third-order valence-electron chi connectivity index (χ3n) is 4.11. The van der Waals surface area contributed by atoms with E-state index in [9.17, 15) is 9.18 Å². The van der Waals surface area contributed by atoms with Gasteiger partial charge in [-0.05, 0) is 31.2 Å². The van der Waals surface area contributed by atoms with Crippen molar-refractivity contribution >= 4 is 5.91 Å². The number of nitrogens with one attached hydrogen (secondary N) is 2. The molecule has 3 aromatic heterocycles. The highest BCUT2D eigenvalue weighted by atomic mass is 19.1. The van der Waals surface area contributed by atoms with Crippen LogP contribution in [0.15, 0.2) is 59.5 Å². The van der Waals surface area contributed by atoms with E-state index < -0.39 is 17.8 Å². The Hall–Kier alpha value is -3.88. The van der Waals surface area contributed by atoms with Crippen molar-refractivity contribution < 1.29 is 13.7 Å². The van der Waals surface area contributed by atoms with Gasteiger partial charge >= 0.3 is 0 Å². The number of pyridine rings is 1. The first-order chi connectivity index (χ1) is 13.6. The van der Waals surface area contributed by atoms with Gasteiger partial charge in [-0.2, -0.15) is 10.1 Å². The summed E-state index contributed by atoms with van der Waals surface area (Å²) in [6, 6.07) is 9.15. The molecule has 140 valence electrons. The van der Waals surface area contributed by atoms with Gasteiger partial charge in [0.25, 0.3) is 5.91 Å². The number of aromatic amines is 1. The molecule has 1 unspecified atom stereocenters. The van der Waals surface area contributed by atoms with Gasteiger partial charge in [0.2, 0.25) is 11.7 Å². The maximum absolute atomic E-state index is 14.1. The van der Waals surface area contributed by atoms with E-state index in [4.69, 9.17) is 4.52 Å². The molecule has 1 atom stereocenters. The van der Waals surface area contributed by atoms with Crippen molar-refractivity contribution in [2.45, 2.75) is 13.0 Å². The Kier molecular flexibility index (Phi) is 4.63. The first kappa shape index (κ1) is 17.5. The number of halogens is 1. The maximum atomic E-state index is 14.1. The lowest BCUT2D eigenvalue weighted by molar-refractivity contribution is 0.0933. The van der Waals surface area contributed by atoms with Gasteiger partial charge < -0.3 is 9.84 Å². The van der Waals surface area contributed by atoms with Crippen molar-refractivity contribution in [1.82, 2.24) is 30.6 Å². The fourth-order valence-electron chi connectivity index (χ4n) is 2.69. The van der Waals surface area contributed by atoms with Crippen LogP contribution in [-0.4, -0.2) is 31.2 Å². The highest BCUT2D eigenvalue weighted by molar-refractivity contribution is 5.99. The Morgan fingerprint density at radius 1 is 1.21 bits per heavy atom. The third kappa shape index (κ3) is 3.37. The summed E-state index contributed by atoms with van der Waals surface area (Å²) in [5.41, 5.74) is 1.47. The van der Waals surface area contributed by atoms with E-state index >= 15 is 0 Å². The summed E-state index contributed by atoms with van der Waals surface area (Å²) in [4.78, 5) is 21.0. The van der Waals surface area contributed by atoms with Crippen molar-refractivity contribution in [2.24, 2.45) is 0 Å². The van der Waals surface area contributed by atoms with Crippen LogP contribution in [0.4, 0.5) is 4.39 Å². The number of hydrogen-bond acceptors (Lipinski definition) is 6. The van der Waals surface area contributed by atoms with Gasteiger partial charge in [-0.15, -0.1) is 0 Å². The molecule has 4 rings (SSSR count). The molecule has 8 nitrogen and oxygen atoms in total. The van der Waals surface area contributed by atoms with Gasteiger partial charge in [0.05, 0.1) is 17.5 Å². The Balaban J connectivity index is 1.53. The lowest BCUT2D eigenvalue weighted by Crippen LogP contribution is -2.27. The van der Waals surface area contributed by atoms with Gasteiger partial charge in [-0.3, -0.25) is 14.9 Å². The minimum absolute atomic E-state index is 0.212. The molecule has 0 aliphatic carbocycles. The topological polar surface area (TPSA) is 110 Å². The Labute approximate surface area is 158 Å². The molecule has 0 aliphatic rings. The van der Waals surface area contributed by atoms with E-state index in [0.717, 1.165) is 0 Å². The van der Waals surface area contributed by atoms with Gasteiger partial charge in [0, 0.05) is 23.5 Å². The molecule has 2 N–H and O–H groups in total. The molecule has 0 radical (unpaired) electrons. The molecular formula is C19H15FN6O2. The van der Waals surface area contributed by atoms with E-state index in [1.165, 1.54) is 12.3 Å². The van der Waals surface area contributed by atoms with Gasteiger partial charge in [-0.25, -0.2) is 4.39 Å². The minimum atomic E-state index is -0.561. The van der Waals surface area contributed by atoms with Gasteiger partial charge in [0.1, 0.15) is 11.9 Å². The molecule has 28 heavy (non-hydrogen) atoms. The summed E-state index contributed by atoms with van der Waals surface area (Å²) < 4.78 is 19.3. The van der Waals surface area contributed by atoms with E-state index in [-0.39, 0.29) is 17.0 Å². The van der Waals surface area contributed by atoms with E-state index in [2.05, 4.69) is 30.6 Å². The van der Waals surface area contributed by atoms with Crippen molar-refractivity contribution in [3.63, 3.8) is 0 Å². The standard InChI is InChI=1S/C19H15FN6O2/c1-11(19-24-17(26-28-19)12-5-4-8-21-9-12)23-18(27)14-10-22-25-16(14)13-6-2-3-7-15(13)20/h2-11H,1H3,(H,22,25)(H,23,27). The third-order valence-corrected chi connectivity index (χ3v) is 4.11. The van der Waals surface area contributed by atoms with Crippen molar-refractivity contribution in [1.29, 1.82) is 0 Å². The fraction of sp³-hybridized carbons (Fsp3) is 0.105. The van der Waals surface area contributed by atoms with Crippen LogP contribution in [0.1, 0.15) is 29.2 Å². The van der Waals surface area contributed by atoms with Crippen molar-refractivity contribution in [2.75, 3.05) is 0 Å². The summed E-state index contributed by atoms with van der Waals surface area (Å²) in [5, 5.41) is 13.2. The molecule has 4 aromatic rings. The molecule has 9 heteroatoms. The van der Waals surface area contributed by atoms with Crippen LogP contribution in [0.25, 0.3) is 22.6 Å². The molecule has 1 amide bonds. The summed E-state index contributed by atoms with van der Waals surface area (Å²) >= 11 is 0. The van der Waals surface area contributed by atoms with Crippen LogP contribution in [-0.2, 0) is 0 Å². The van der Waals surface area contributed by atoms with Crippen LogP contribution in [0.3, 0.4) is 0 Å². The lowest BCUT2D eigenvalue weighted by atomic mass is 10.1. The summed E-state index contributed by atoms with van der Waals surface area (Å²) in [6.07, 6.45) is 4.61. The number of carbonyl (C=O) groups is 1. The first-order valence-corrected chi connectivity index (χ1v) is 8.46. The Morgan fingerprint density at radius 3 is 2.86 bits per heavy atom. The number of nitrogens with zero attached hydrogens (tertiary/aromatic N) is 4. The number of H-pyrrole nitrogens is 1. The molecule has 0 spiro atoms. The molecule has 0 saturated carbocycles. The average molecular weight is 378 g/mol. The van der Waals surface area contributed by atoms with Crippen LogP contribution in [0, 0.1) is 5.82 Å². The molecule has 1 aromatic carbocycles. The SMILES string of the molecule is CC(NC(=O)c1cn[nH]c1-c1ccccc1F)c1nc(-c2cccnc2)no1. The summed E-state index contributed by atoms with van der Waals surface area (Å²) in [7, 11) is 0. The number of benzene rings is 1. The van der Waals surface area contributed by atoms with Crippen molar-refractivity contribution in [3.05, 3.63) is 72.3 Å². The molecule has 0 saturated heterocycles. The quantitative estimate of drug-likeness (QED) is 0.552. The molecule has 0 bridgehead atoms. The number of hydrogen-bond donors (Lipinski definition) is 2. The van der Waals surface area contributed by atoms with Crippen LogP contribution < -0.4 is 5.32 Å². The van der Waals surface area contributed by atoms with E-state index in [1.54, 1.807) is 49.6 Å². The second-order valence-electron chi connectivity index (χ2n) is 6.03. The number of amides is 1. The second kappa shape index (κ2) is 7.39. The highest BCUT2D eigenvalue weighted by Gasteiger charge is 2.22. The lowest BCUT2D eigenvalue weighted by Gasteiger charge is -2.10. The maximum Gasteiger partial charge on any atom is 0.255 e. The number of carbonyl (C=O) groups excluding carboxylic acids is 1. The first-order valence-electron chi connectivity index (χ1n) is 8.46. The van der Waals surface area contributed by atoms with Crippen LogP contribution >= 0.6 is 0 Å². The monoisotopic (exact) mass is 378 g/mol. The summed E-state index contributed by atoms with van der Waals surface area (Å²) in [5.74, 6) is -0.282. The molecule has 3 heterocycles. The van der Waals surface area contributed by atoms with Crippen LogP contribution in [0.2, 0.25) is 0 Å². The zero-order valence-electron chi connectivity index (χ0n) is 14.8. The number of aromatic nitrogens is 5. The van der Waals surface area contributed by atoms with Gasteiger partial charge in [0.15, 0.2) is 0 Å². The van der Waals surface area contributed by atoms with E-state index in [1.807, 2.05) is 0 Å². The Morgan fingerprint density at radius 2 is 2.07 bits per heavy atom. The van der Waals surface area contributed by atoms with Crippen molar-refractivity contribution in [3.8, 4) is 22.6 Å². The largest absolute Gasteiger partial charge is 0.340 e. The minimum Gasteiger partial charge on any atom is -0.340 e.